The SMILES string of the molecule is Clc1ccc(C(Cl)C2CCCC2)c2ccccc12. The van der Waals surface area contributed by atoms with Crippen LogP contribution in [0.5, 0.6) is 0 Å². The molecule has 0 radical (unpaired) electrons. The summed E-state index contributed by atoms with van der Waals surface area (Å²) < 4.78 is 0. The van der Waals surface area contributed by atoms with E-state index in [1.807, 2.05) is 12.1 Å². The summed E-state index contributed by atoms with van der Waals surface area (Å²) in [6.45, 7) is 0. The number of fused-ring (bicyclic) bond motifs is 1. The van der Waals surface area contributed by atoms with Gasteiger partial charge in [-0.1, -0.05) is 54.8 Å². The molecule has 0 heterocycles. The van der Waals surface area contributed by atoms with Crippen LogP contribution < -0.4 is 0 Å². The third-order valence-electron chi connectivity index (χ3n) is 4.02. The lowest BCUT2D eigenvalue weighted by molar-refractivity contribution is 0.531. The fourth-order valence-corrected chi connectivity index (χ4v) is 3.70. The van der Waals surface area contributed by atoms with E-state index in [-0.39, 0.29) is 5.38 Å². The minimum absolute atomic E-state index is 0.120. The van der Waals surface area contributed by atoms with Gasteiger partial charge in [-0.15, -0.1) is 11.6 Å². The minimum Gasteiger partial charge on any atom is -0.117 e. The number of halogens is 2. The summed E-state index contributed by atoms with van der Waals surface area (Å²) in [6.07, 6.45) is 5.15. The fraction of sp³-hybridized carbons (Fsp3) is 0.375. The number of rotatable bonds is 2. The van der Waals surface area contributed by atoms with Crippen molar-refractivity contribution in [2.75, 3.05) is 0 Å². The summed E-state index contributed by atoms with van der Waals surface area (Å²) in [5.41, 5.74) is 1.24. The van der Waals surface area contributed by atoms with Gasteiger partial charge in [-0.3, -0.25) is 0 Å². The summed E-state index contributed by atoms with van der Waals surface area (Å²) in [5, 5.41) is 3.25. The summed E-state index contributed by atoms with van der Waals surface area (Å²) >= 11 is 13.0. The molecule has 1 saturated carbocycles. The molecule has 0 aliphatic heterocycles. The van der Waals surface area contributed by atoms with E-state index >= 15 is 0 Å². The molecule has 0 amide bonds. The molecule has 1 atom stereocenters. The molecule has 18 heavy (non-hydrogen) atoms. The van der Waals surface area contributed by atoms with Crippen molar-refractivity contribution >= 4 is 34.0 Å². The minimum atomic E-state index is 0.120. The lowest BCUT2D eigenvalue weighted by Crippen LogP contribution is -2.04. The van der Waals surface area contributed by atoms with Crippen molar-refractivity contribution in [3.8, 4) is 0 Å². The van der Waals surface area contributed by atoms with Crippen LogP contribution in [0, 0.1) is 5.92 Å². The van der Waals surface area contributed by atoms with Crippen LogP contribution in [-0.4, -0.2) is 0 Å². The van der Waals surface area contributed by atoms with Crippen LogP contribution in [0.3, 0.4) is 0 Å². The van der Waals surface area contributed by atoms with Gasteiger partial charge >= 0.3 is 0 Å². The summed E-state index contributed by atoms with van der Waals surface area (Å²) in [5.74, 6) is 0.622. The van der Waals surface area contributed by atoms with Gasteiger partial charge in [-0.2, -0.15) is 0 Å². The van der Waals surface area contributed by atoms with Crippen molar-refractivity contribution in [2.45, 2.75) is 31.1 Å². The van der Waals surface area contributed by atoms with E-state index in [0.717, 1.165) is 10.4 Å². The highest BCUT2D eigenvalue weighted by molar-refractivity contribution is 6.35. The summed E-state index contributed by atoms with van der Waals surface area (Å²) in [7, 11) is 0. The molecule has 1 fully saturated rings. The van der Waals surface area contributed by atoms with Gasteiger partial charge in [0.1, 0.15) is 0 Å². The third kappa shape index (κ3) is 2.13. The monoisotopic (exact) mass is 278 g/mol. The standard InChI is InChI=1S/C16H16Cl2/c17-15-10-9-14(12-7-3-4-8-13(12)15)16(18)11-5-1-2-6-11/h3-4,7-11,16H,1-2,5-6H2. The lowest BCUT2D eigenvalue weighted by Gasteiger charge is -2.19. The highest BCUT2D eigenvalue weighted by Gasteiger charge is 2.25. The molecule has 0 N–H and O–H groups in total. The quantitative estimate of drug-likeness (QED) is 0.595. The molecule has 3 rings (SSSR count). The van der Waals surface area contributed by atoms with Crippen LogP contribution >= 0.6 is 23.2 Å². The first-order chi connectivity index (χ1) is 8.77. The van der Waals surface area contributed by atoms with Gasteiger partial charge in [0.05, 0.1) is 5.38 Å². The van der Waals surface area contributed by atoms with Crippen LogP contribution in [0.1, 0.15) is 36.6 Å². The van der Waals surface area contributed by atoms with Gasteiger partial charge in [0, 0.05) is 10.4 Å². The van der Waals surface area contributed by atoms with Crippen molar-refractivity contribution in [3.05, 3.63) is 47.0 Å². The van der Waals surface area contributed by atoms with Gasteiger partial charge in [0.15, 0.2) is 0 Å². The van der Waals surface area contributed by atoms with Crippen molar-refractivity contribution in [1.29, 1.82) is 0 Å². The summed E-state index contributed by atoms with van der Waals surface area (Å²) in [6, 6.07) is 12.3. The van der Waals surface area contributed by atoms with Crippen LogP contribution in [-0.2, 0) is 0 Å². The van der Waals surface area contributed by atoms with E-state index in [1.54, 1.807) is 0 Å². The van der Waals surface area contributed by atoms with Crippen molar-refractivity contribution in [2.24, 2.45) is 5.92 Å². The zero-order chi connectivity index (χ0) is 12.5. The molecule has 0 aromatic heterocycles. The van der Waals surface area contributed by atoms with Gasteiger partial charge in [-0.25, -0.2) is 0 Å². The van der Waals surface area contributed by atoms with Gasteiger partial charge in [0.2, 0.25) is 0 Å². The lowest BCUT2D eigenvalue weighted by atomic mass is 9.93. The number of hydrogen-bond donors (Lipinski definition) is 0. The molecule has 2 aromatic rings. The Balaban J connectivity index is 2.08. The van der Waals surface area contributed by atoms with Crippen molar-refractivity contribution < 1.29 is 0 Å². The van der Waals surface area contributed by atoms with E-state index in [2.05, 4.69) is 24.3 Å². The van der Waals surface area contributed by atoms with Crippen molar-refractivity contribution in [1.82, 2.24) is 0 Å². The second kappa shape index (κ2) is 5.11. The van der Waals surface area contributed by atoms with Crippen LogP contribution in [0.2, 0.25) is 5.02 Å². The van der Waals surface area contributed by atoms with Crippen LogP contribution in [0.25, 0.3) is 10.8 Å². The first-order valence-electron chi connectivity index (χ1n) is 6.58. The second-order valence-corrected chi connectivity index (χ2v) is 6.01. The largest absolute Gasteiger partial charge is 0.117 e. The highest BCUT2D eigenvalue weighted by atomic mass is 35.5. The Labute approximate surface area is 118 Å². The van der Waals surface area contributed by atoms with Gasteiger partial charge < -0.3 is 0 Å². The molecule has 0 saturated heterocycles. The molecule has 94 valence electrons. The molecule has 2 heteroatoms. The Kier molecular flexibility index (Phi) is 3.50. The molecule has 2 aromatic carbocycles. The third-order valence-corrected chi connectivity index (χ3v) is 4.94. The molecular weight excluding hydrogens is 263 g/mol. The highest BCUT2D eigenvalue weighted by Crippen LogP contribution is 2.42. The Morgan fingerprint density at radius 1 is 0.944 bits per heavy atom. The number of alkyl halides is 1. The maximum Gasteiger partial charge on any atom is 0.0619 e. The summed E-state index contributed by atoms with van der Waals surface area (Å²) in [4.78, 5) is 0. The number of hydrogen-bond acceptors (Lipinski definition) is 0. The Hall–Kier alpha value is -0.720. The first kappa shape index (κ1) is 12.3. The molecule has 0 bridgehead atoms. The zero-order valence-electron chi connectivity index (χ0n) is 10.2. The number of benzene rings is 2. The predicted octanol–water partition coefficient (Wildman–Crippen LogP) is 5.96. The van der Waals surface area contributed by atoms with E-state index in [4.69, 9.17) is 23.2 Å². The van der Waals surface area contributed by atoms with E-state index in [1.165, 1.54) is 36.6 Å². The van der Waals surface area contributed by atoms with Gasteiger partial charge in [-0.05, 0) is 35.8 Å². The Morgan fingerprint density at radius 3 is 2.33 bits per heavy atom. The van der Waals surface area contributed by atoms with E-state index < -0.39 is 0 Å². The molecule has 0 spiro atoms. The maximum absolute atomic E-state index is 6.70. The average molecular weight is 279 g/mol. The smallest absolute Gasteiger partial charge is 0.0619 e. The fourth-order valence-electron chi connectivity index (χ4n) is 3.03. The molecule has 1 aliphatic carbocycles. The van der Waals surface area contributed by atoms with Crippen LogP contribution in [0.4, 0.5) is 0 Å². The Morgan fingerprint density at radius 2 is 1.61 bits per heavy atom. The van der Waals surface area contributed by atoms with E-state index in [0.29, 0.717) is 5.92 Å². The Bertz CT molecular complexity index is 556. The van der Waals surface area contributed by atoms with E-state index in [9.17, 15) is 0 Å². The molecule has 0 nitrogen and oxygen atoms in total. The van der Waals surface area contributed by atoms with Crippen LogP contribution in [0.15, 0.2) is 36.4 Å². The topological polar surface area (TPSA) is 0 Å². The first-order valence-corrected chi connectivity index (χ1v) is 7.40. The van der Waals surface area contributed by atoms with Crippen molar-refractivity contribution in [3.63, 3.8) is 0 Å². The predicted molar refractivity (Wildman–Crippen MR) is 79.5 cm³/mol. The maximum atomic E-state index is 6.70. The molecular formula is C16H16Cl2. The normalized spacial score (nSPS) is 18.3. The molecule has 1 unspecified atom stereocenters. The second-order valence-electron chi connectivity index (χ2n) is 5.13. The zero-order valence-corrected chi connectivity index (χ0v) is 11.7. The molecule has 1 aliphatic rings. The average Bonchev–Trinajstić information content (AvgIpc) is 2.93. The van der Waals surface area contributed by atoms with Gasteiger partial charge in [0.25, 0.3) is 0 Å².